The lowest BCUT2D eigenvalue weighted by Crippen LogP contribution is -2.48. The second-order valence-corrected chi connectivity index (χ2v) is 7.24. The van der Waals surface area contributed by atoms with Gasteiger partial charge in [-0.3, -0.25) is 4.79 Å². The third kappa shape index (κ3) is 5.74. The molecule has 3 amide bonds. The Kier molecular flexibility index (Phi) is 6.82. The number of nitrogens with zero attached hydrogens (tertiary/aromatic N) is 2. The van der Waals surface area contributed by atoms with E-state index in [1.807, 2.05) is 45.0 Å². The predicted molar refractivity (Wildman–Crippen MR) is 101 cm³/mol. The van der Waals surface area contributed by atoms with Gasteiger partial charge in [0.25, 0.3) is 5.91 Å². The van der Waals surface area contributed by atoms with Crippen LogP contribution < -0.4 is 10.6 Å². The van der Waals surface area contributed by atoms with Crippen LogP contribution in [-0.4, -0.2) is 61.0 Å². The molecule has 2 rings (SSSR count). The number of piperidine rings is 1. The van der Waals surface area contributed by atoms with Crippen molar-refractivity contribution in [2.75, 3.05) is 32.5 Å². The largest absolute Gasteiger partial charge is 0.336 e. The van der Waals surface area contributed by atoms with Gasteiger partial charge in [-0.1, -0.05) is 6.07 Å². The molecule has 6 heteroatoms. The molecule has 1 aromatic rings. The number of nitrogens with one attached hydrogen (secondary N) is 2. The zero-order valence-electron chi connectivity index (χ0n) is 15.7. The third-order valence-electron chi connectivity index (χ3n) is 4.25. The fourth-order valence-corrected chi connectivity index (χ4v) is 3.20. The maximum Gasteiger partial charge on any atom is 0.319 e. The van der Waals surface area contributed by atoms with E-state index in [2.05, 4.69) is 15.5 Å². The van der Waals surface area contributed by atoms with Crippen LogP contribution in [0.15, 0.2) is 24.3 Å². The van der Waals surface area contributed by atoms with E-state index in [1.165, 1.54) is 6.42 Å². The van der Waals surface area contributed by atoms with E-state index in [1.54, 1.807) is 12.1 Å². The first-order chi connectivity index (χ1) is 11.9. The molecule has 0 aromatic heterocycles. The van der Waals surface area contributed by atoms with Crippen molar-refractivity contribution in [3.63, 3.8) is 0 Å². The average molecular weight is 346 g/mol. The molecule has 1 heterocycles. The van der Waals surface area contributed by atoms with Crippen molar-refractivity contribution in [3.05, 3.63) is 29.8 Å². The van der Waals surface area contributed by atoms with E-state index < -0.39 is 0 Å². The molecular weight excluding hydrogens is 316 g/mol. The third-order valence-corrected chi connectivity index (χ3v) is 4.25. The molecule has 1 atom stereocenters. The van der Waals surface area contributed by atoms with Gasteiger partial charge in [0.15, 0.2) is 0 Å². The summed E-state index contributed by atoms with van der Waals surface area (Å²) in [6.45, 7) is 5.48. The van der Waals surface area contributed by atoms with E-state index in [0.29, 0.717) is 11.3 Å². The Balaban J connectivity index is 2.10. The van der Waals surface area contributed by atoms with Gasteiger partial charge in [-0.2, -0.15) is 0 Å². The highest BCUT2D eigenvalue weighted by Gasteiger charge is 2.27. The van der Waals surface area contributed by atoms with Crippen LogP contribution in [0.2, 0.25) is 0 Å². The lowest BCUT2D eigenvalue weighted by Gasteiger charge is -2.37. The number of carbonyl (C=O) groups excluding carboxylic acids is 2. The van der Waals surface area contributed by atoms with Gasteiger partial charge >= 0.3 is 6.03 Å². The standard InChI is InChI=1S/C19H30N4O2/c1-14(2)20-19(25)21-16-9-7-8-15(12-16)18(24)23-11-6-5-10-17(23)13-22(3)4/h7-9,12,14,17H,5-6,10-11,13H2,1-4H3,(H2,20,21,25)/t17-/m0/s1. The van der Waals surface area contributed by atoms with Gasteiger partial charge in [0.2, 0.25) is 0 Å². The van der Waals surface area contributed by atoms with Crippen LogP contribution in [0, 0.1) is 0 Å². The summed E-state index contributed by atoms with van der Waals surface area (Å²) in [5.74, 6) is 0.0412. The molecule has 1 aromatic carbocycles. The molecule has 0 saturated carbocycles. The molecule has 25 heavy (non-hydrogen) atoms. The molecule has 0 bridgehead atoms. The zero-order valence-corrected chi connectivity index (χ0v) is 15.7. The first-order valence-electron chi connectivity index (χ1n) is 9.00. The summed E-state index contributed by atoms with van der Waals surface area (Å²) in [4.78, 5) is 29.0. The quantitative estimate of drug-likeness (QED) is 0.862. The minimum Gasteiger partial charge on any atom is -0.336 e. The number of rotatable bonds is 5. The van der Waals surface area contributed by atoms with Gasteiger partial charge in [0.1, 0.15) is 0 Å². The van der Waals surface area contributed by atoms with Crippen molar-refractivity contribution in [1.82, 2.24) is 15.1 Å². The Morgan fingerprint density at radius 2 is 2.04 bits per heavy atom. The molecule has 1 fully saturated rings. The molecule has 0 radical (unpaired) electrons. The highest BCUT2D eigenvalue weighted by molar-refractivity contribution is 5.97. The average Bonchev–Trinajstić information content (AvgIpc) is 2.53. The Morgan fingerprint density at radius 3 is 2.72 bits per heavy atom. The van der Waals surface area contributed by atoms with E-state index in [0.717, 1.165) is 25.9 Å². The maximum absolute atomic E-state index is 13.0. The van der Waals surface area contributed by atoms with Crippen molar-refractivity contribution < 1.29 is 9.59 Å². The van der Waals surface area contributed by atoms with Gasteiger partial charge in [0, 0.05) is 36.4 Å². The molecule has 1 aliphatic rings. The number of carbonyl (C=O) groups is 2. The van der Waals surface area contributed by atoms with Crippen molar-refractivity contribution in [2.45, 2.75) is 45.2 Å². The summed E-state index contributed by atoms with van der Waals surface area (Å²) < 4.78 is 0. The number of hydrogen-bond donors (Lipinski definition) is 2. The molecule has 0 aliphatic carbocycles. The lowest BCUT2D eigenvalue weighted by atomic mass is 10.00. The highest BCUT2D eigenvalue weighted by Crippen LogP contribution is 2.21. The van der Waals surface area contributed by atoms with Crippen molar-refractivity contribution >= 4 is 17.6 Å². The molecule has 0 spiro atoms. The number of likely N-dealkylation sites (N-methyl/N-ethyl adjacent to an activating group) is 1. The van der Waals surface area contributed by atoms with Crippen LogP contribution in [-0.2, 0) is 0 Å². The normalized spacial score (nSPS) is 17.7. The SMILES string of the molecule is CC(C)NC(=O)Nc1cccc(C(=O)N2CCCC[C@H]2CN(C)C)c1. The summed E-state index contributed by atoms with van der Waals surface area (Å²) in [6.07, 6.45) is 3.25. The number of amides is 3. The molecule has 6 nitrogen and oxygen atoms in total. The minimum atomic E-state index is -0.261. The summed E-state index contributed by atoms with van der Waals surface area (Å²) in [5.41, 5.74) is 1.25. The monoisotopic (exact) mass is 346 g/mol. The van der Waals surface area contributed by atoms with Gasteiger partial charge < -0.3 is 20.4 Å². The van der Waals surface area contributed by atoms with E-state index in [-0.39, 0.29) is 24.0 Å². The van der Waals surface area contributed by atoms with E-state index in [4.69, 9.17) is 0 Å². The zero-order chi connectivity index (χ0) is 18.4. The predicted octanol–water partition coefficient (Wildman–Crippen LogP) is 2.77. The van der Waals surface area contributed by atoms with Crippen LogP contribution >= 0.6 is 0 Å². The fourth-order valence-electron chi connectivity index (χ4n) is 3.20. The molecule has 0 unspecified atom stereocenters. The molecule has 2 N–H and O–H groups in total. The number of benzene rings is 1. The second-order valence-electron chi connectivity index (χ2n) is 7.24. The van der Waals surface area contributed by atoms with Crippen LogP contribution in [0.4, 0.5) is 10.5 Å². The Labute approximate surface area is 150 Å². The highest BCUT2D eigenvalue weighted by atomic mass is 16.2. The molecule has 1 saturated heterocycles. The molecule has 1 aliphatic heterocycles. The topological polar surface area (TPSA) is 64.7 Å². The van der Waals surface area contributed by atoms with Gasteiger partial charge in [0.05, 0.1) is 0 Å². The number of urea groups is 1. The van der Waals surface area contributed by atoms with Crippen LogP contribution in [0.25, 0.3) is 0 Å². The summed E-state index contributed by atoms with van der Waals surface area (Å²) in [5, 5.41) is 5.57. The van der Waals surface area contributed by atoms with E-state index in [9.17, 15) is 9.59 Å². The lowest BCUT2D eigenvalue weighted by molar-refractivity contribution is 0.0575. The summed E-state index contributed by atoms with van der Waals surface area (Å²) in [7, 11) is 4.07. The van der Waals surface area contributed by atoms with E-state index >= 15 is 0 Å². The van der Waals surface area contributed by atoms with Crippen LogP contribution in [0.1, 0.15) is 43.5 Å². The van der Waals surface area contributed by atoms with Gasteiger partial charge in [-0.05, 0) is 65.4 Å². The Hall–Kier alpha value is -2.08. The Bertz CT molecular complexity index is 601. The Morgan fingerprint density at radius 1 is 1.28 bits per heavy atom. The smallest absolute Gasteiger partial charge is 0.319 e. The fraction of sp³-hybridized carbons (Fsp3) is 0.579. The number of likely N-dealkylation sites (tertiary alicyclic amines) is 1. The first-order valence-corrected chi connectivity index (χ1v) is 9.00. The number of hydrogen-bond acceptors (Lipinski definition) is 3. The van der Waals surface area contributed by atoms with Gasteiger partial charge in [-0.15, -0.1) is 0 Å². The van der Waals surface area contributed by atoms with Crippen molar-refractivity contribution in [3.8, 4) is 0 Å². The summed E-state index contributed by atoms with van der Waals surface area (Å²) in [6, 6.07) is 7.22. The molecular formula is C19H30N4O2. The summed E-state index contributed by atoms with van der Waals surface area (Å²) >= 11 is 0. The first kappa shape index (κ1) is 19.2. The minimum absolute atomic E-state index is 0.0412. The van der Waals surface area contributed by atoms with Crippen molar-refractivity contribution in [2.24, 2.45) is 0 Å². The van der Waals surface area contributed by atoms with Crippen molar-refractivity contribution in [1.29, 1.82) is 0 Å². The number of anilines is 1. The van der Waals surface area contributed by atoms with Crippen LogP contribution in [0.5, 0.6) is 0 Å². The molecule has 138 valence electrons. The second kappa shape index (κ2) is 8.85. The maximum atomic E-state index is 13.0. The van der Waals surface area contributed by atoms with Gasteiger partial charge in [-0.25, -0.2) is 4.79 Å². The van der Waals surface area contributed by atoms with Crippen LogP contribution in [0.3, 0.4) is 0 Å².